The summed E-state index contributed by atoms with van der Waals surface area (Å²) < 4.78 is 10.4. The average molecular weight is 233 g/mol. The third-order valence-corrected chi connectivity index (χ3v) is 3.21. The van der Waals surface area contributed by atoms with Crippen LogP contribution in [0.3, 0.4) is 0 Å². The number of nitrogens with zero attached hydrogens (tertiary/aromatic N) is 2. The molecule has 0 amide bonds. The molecular formula is C12H15N3O2. The molecule has 1 saturated carbocycles. The van der Waals surface area contributed by atoms with Crippen LogP contribution < -0.4 is 5.73 Å². The van der Waals surface area contributed by atoms with Crippen molar-refractivity contribution in [3.63, 3.8) is 0 Å². The number of aromatic nitrogens is 2. The number of rotatable bonds is 4. The summed E-state index contributed by atoms with van der Waals surface area (Å²) in [4.78, 5) is 4.35. The Balaban J connectivity index is 1.76. The summed E-state index contributed by atoms with van der Waals surface area (Å²) in [5.74, 6) is 2.62. The number of hydrogen-bond donors (Lipinski definition) is 1. The minimum absolute atomic E-state index is 0.147. The molecule has 0 bridgehead atoms. The lowest BCUT2D eigenvalue weighted by Crippen LogP contribution is -2.25. The van der Waals surface area contributed by atoms with Crippen molar-refractivity contribution in [3.05, 3.63) is 24.0 Å². The number of nitrogens with two attached hydrogens (primary N) is 1. The fourth-order valence-electron chi connectivity index (χ4n) is 1.96. The van der Waals surface area contributed by atoms with Gasteiger partial charge in [-0.15, -0.1) is 0 Å². The summed E-state index contributed by atoms with van der Waals surface area (Å²) in [7, 11) is 0. The lowest BCUT2D eigenvalue weighted by molar-refractivity contribution is 0.363. The molecule has 5 nitrogen and oxygen atoms in total. The molecule has 1 fully saturated rings. The van der Waals surface area contributed by atoms with E-state index in [4.69, 9.17) is 14.7 Å². The van der Waals surface area contributed by atoms with Crippen molar-refractivity contribution < 1.29 is 8.94 Å². The van der Waals surface area contributed by atoms with Crippen molar-refractivity contribution in [1.82, 2.24) is 10.1 Å². The van der Waals surface area contributed by atoms with E-state index in [1.54, 1.807) is 6.26 Å². The van der Waals surface area contributed by atoms with E-state index in [1.165, 1.54) is 12.8 Å². The van der Waals surface area contributed by atoms with Gasteiger partial charge in [-0.2, -0.15) is 4.98 Å². The highest BCUT2D eigenvalue weighted by molar-refractivity contribution is 5.56. The van der Waals surface area contributed by atoms with Crippen LogP contribution in [0.25, 0.3) is 11.4 Å². The van der Waals surface area contributed by atoms with E-state index in [1.807, 2.05) is 13.0 Å². The lowest BCUT2D eigenvalue weighted by Gasteiger charge is -2.04. The third kappa shape index (κ3) is 2.10. The largest absolute Gasteiger partial charge is 0.469 e. The van der Waals surface area contributed by atoms with Crippen LogP contribution in [0.5, 0.6) is 0 Å². The van der Waals surface area contributed by atoms with E-state index in [-0.39, 0.29) is 6.04 Å². The van der Waals surface area contributed by atoms with Crippen LogP contribution >= 0.6 is 0 Å². The van der Waals surface area contributed by atoms with Gasteiger partial charge in [-0.25, -0.2) is 0 Å². The first kappa shape index (κ1) is 10.5. The summed E-state index contributed by atoms with van der Waals surface area (Å²) in [5.41, 5.74) is 6.90. The highest BCUT2D eigenvalue weighted by atomic mass is 16.5. The second kappa shape index (κ2) is 4.00. The number of furan rings is 1. The van der Waals surface area contributed by atoms with Gasteiger partial charge in [0.1, 0.15) is 5.76 Å². The van der Waals surface area contributed by atoms with Gasteiger partial charge in [0.25, 0.3) is 0 Å². The zero-order valence-electron chi connectivity index (χ0n) is 9.72. The van der Waals surface area contributed by atoms with Gasteiger partial charge >= 0.3 is 0 Å². The van der Waals surface area contributed by atoms with Crippen molar-refractivity contribution in [2.75, 3.05) is 0 Å². The SMILES string of the molecule is Cc1occc1-c1noc(CC(N)C2CC2)n1. The highest BCUT2D eigenvalue weighted by Crippen LogP contribution is 2.33. The molecule has 1 unspecified atom stereocenters. The fourth-order valence-corrected chi connectivity index (χ4v) is 1.96. The highest BCUT2D eigenvalue weighted by Gasteiger charge is 2.29. The molecule has 2 aromatic heterocycles. The molecule has 0 aromatic carbocycles. The third-order valence-electron chi connectivity index (χ3n) is 3.21. The Morgan fingerprint density at radius 1 is 1.53 bits per heavy atom. The molecule has 3 rings (SSSR count). The summed E-state index contributed by atoms with van der Waals surface area (Å²) in [5, 5.41) is 3.95. The van der Waals surface area contributed by atoms with E-state index >= 15 is 0 Å². The van der Waals surface area contributed by atoms with Crippen molar-refractivity contribution in [2.45, 2.75) is 32.2 Å². The van der Waals surface area contributed by atoms with Crippen LogP contribution in [0, 0.1) is 12.8 Å². The first-order valence-corrected chi connectivity index (χ1v) is 5.86. The first-order valence-electron chi connectivity index (χ1n) is 5.86. The summed E-state index contributed by atoms with van der Waals surface area (Å²) in [6, 6.07) is 1.99. The number of aryl methyl sites for hydroxylation is 1. The van der Waals surface area contributed by atoms with Crippen molar-refractivity contribution in [1.29, 1.82) is 0 Å². The average Bonchev–Trinajstić information content (AvgIpc) is 2.93. The Morgan fingerprint density at radius 2 is 2.35 bits per heavy atom. The van der Waals surface area contributed by atoms with Gasteiger partial charge in [0, 0.05) is 12.5 Å². The Labute approximate surface area is 99.0 Å². The Hall–Kier alpha value is -1.62. The smallest absolute Gasteiger partial charge is 0.228 e. The van der Waals surface area contributed by atoms with Gasteiger partial charge in [-0.1, -0.05) is 5.16 Å². The Morgan fingerprint density at radius 3 is 3.00 bits per heavy atom. The molecule has 0 aliphatic heterocycles. The Kier molecular flexibility index (Phi) is 2.48. The molecule has 2 N–H and O–H groups in total. The quantitative estimate of drug-likeness (QED) is 0.872. The molecule has 2 heterocycles. The van der Waals surface area contributed by atoms with Crippen LogP contribution in [-0.4, -0.2) is 16.2 Å². The second-order valence-corrected chi connectivity index (χ2v) is 4.61. The molecule has 1 atom stereocenters. The topological polar surface area (TPSA) is 78.1 Å². The van der Waals surface area contributed by atoms with E-state index in [0.29, 0.717) is 24.1 Å². The zero-order valence-corrected chi connectivity index (χ0v) is 9.72. The molecule has 5 heteroatoms. The summed E-state index contributed by atoms with van der Waals surface area (Å²) >= 11 is 0. The van der Waals surface area contributed by atoms with Crippen molar-refractivity contribution in [2.24, 2.45) is 11.7 Å². The predicted octanol–water partition coefficient (Wildman–Crippen LogP) is 1.92. The van der Waals surface area contributed by atoms with Crippen LogP contribution in [0.4, 0.5) is 0 Å². The van der Waals surface area contributed by atoms with Crippen LogP contribution in [-0.2, 0) is 6.42 Å². The van der Waals surface area contributed by atoms with Gasteiger partial charge in [-0.05, 0) is 31.7 Å². The predicted molar refractivity (Wildman–Crippen MR) is 61.1 cm³/mol. The van der Waals surface area contributed by atoms with Gasteiger partial charge < -0.3 is 14.7 Å². The van der Waals surface area contributed by atoms with E-state index in [2.05, 4.69) is 10.1 Å². The second-order valence-electron chi connectivity index (χ2n) is 4.61. The molecular weight excluding hydrogens is 218 g/mol. The molecule has 1 aliphatic rings. The molecule has 0 spiro atoms. The van der Waals surface area contributed by atoms with Crippen LogP contribution in [0.1, 0.15) is 24.5 Å². The van der Waals surface area contributed by atoms with Crippen molar-refractivity contribution in [3.8, 4) is 11.4 Å². The molecule has 2 aromatic rings. The molecule has 0 saturated heterocycles. The normalized spacial score (nSPS) is 17.3. The van der Waals surface area contributed by atoms with Gasteiger partial charge in [0.15, 0.2) is 0 Å². The minimum atomic E-state index is 0.147. The van der Waals surface area contributed by atoms with Crippen LogP contribution in [0.2, 0.25) is 0 Å². The molecule has 90 valence electrons. The standard InChI is InChI=1S/C12H15N3O2/c1-7-9(4-5-16-7)12-14-11(17-15-12)6-10(13)8-2-3-8/h4-5,8,10H,2-3,6,13H2,1H3. The monoisotopic (exact) mass is 233 g/mol. The summed E-state index contributed by atoms with van der Waals surface area (Å²) in [6.07, 6.45) is 4.73. The van der Waals surface area contributed by atoms with Gasteiger partial charge in [0.2, 0.25) is 11.7 Å². The van der Waals surface area contributed by atoms with Crippen LogP contribution in [0.15, 0.2) is 21.3 Å². The molecule has 1 aliphatic carbocycles. The lowest BCUT2D eigenvalue weighted by atomic mass is 10.1. The Bertz CT molecular complexity index is 513. The maximum absolute atomic E-state index is 6.02. The summed E-state index contributed by atoms with van der Waals surface area (Å²) in [6.45, 7) is 1.88. The van der Waals surface area contributed by atoms with E-state index in [9.17, 15) is 0 Å². The van der Waals surface area contributed by atoms with Gasteiger partial charge in [-0.3, -0.25) is 0 Å². The van der Waals surface area contributed by atoms with Crippen molar-refractivity contribution >= 4 is 0 Å². The van der Waals surface area contributed by atoms with Gasteiger partial charge in [0.05, 0.1) is 11.8 Å². The molecule has 0 radical (unpaired) electrons. The van der Waals surface area contributed by atoms with E-state index < -0.39 is 0 Å². The maximum Gasteiger partial charge on any atom is 0.228 e. The first-order chi connectivity index (χ1) is 8.24. The maximum atomic E-state index is 6.02. The minimum Gasteiger partial charge on any atom is -0.469 e. The zero-order chi connectivity index (χ0) is 11.8. The molecule has 17 heavy (non-hydrogen) atoms. The van der Waals surface area contributed by atoms with E-state index in [0.717, 1.165) is 11.3 Å². The fraction of sp³-hybridized carbons (Fsp3) is 0.500. The number of hydrogen-bond acceptors (Lipinski definition) is 5.